The van der Waals surface area contributed by atoms with Crippen molar-refractivity contribution < 1.29 is 13.2 Å². The Morgan fingerprint density at radius 1 is 1.40 bits per heavy atom. The molecule has 0 aromatic carbocycles. The monoisotopic (exact) mass is 240 g/mol. The summed E-state index contributed by atoms with van der Waals surface area (Å²) in [7, 11) is 0. The first-order valence-electron chi connectivity index (χ1n) is 3.90. The Balaban J connectivity index is 2.86. The Morgan fingerprint density at radius 3 is 2.53 bits per heavy atom. The number of nitrogens with two attached hydrogens (primary N) is 1. The van der Waals surface area contributed by atoms with Gasteiger partial charge in [0.2, 0.25) is 5.28 Å². The predicted molar refractivity (Wildman–Crippen MR) is 50.7 cm³/mol. The number of anilines is 2. The maximum atomic E-state index is 11.9. The van der Waals surface area contributed by atoms with Crippen molar-refractivity contribution in [1.29, 1.82) is 0 Å². The average molecular weight is 241 g/mol. The Bertz CT molecular complexity index is 366. The molecule has 1 aromatic rings. The van der Waals surface area contributed by atoms with Gasteiger partial charge in [0, 0.05) is 0 Å². The van der Waals surface area contributed by atoms with Crippen LogP contribution in [0.1, 0.15) is 5.69 Å². The molecule has 15 heavy (non-hydrogen) atoms. The van der Waals surface area contributed by atoms with E-state index in [2.05, 4.69) is 9.97 Å². The molecule has 0 radical (unpaired) electrons. The van der Waals surface area contributed by atoms with Crippen molar-refractivity contribution in [3.05, 3.63) is 11.0 Å². The Kier molecular flexibility index (Phi) is 3.23. The zero-order valence-electron chi connectivity index (χ0n) is 7.69. The summed E-state index contributed by atoms with van der Waals surface area (Å²) in [4.78, 5) is 7.24. The van der Waals surface area contributed by atoms with Crippen LogP contribution in [0.15, 0.2) is 0 Å². The molecule has 3 N–H and O–H groups in total. The van der Waals surface area contributed by atoms with Crippen LogP contribution < -0.4 is 11.1 Å². The van der Waals surface area contributed by atoms with Gasteiger partial charge in [-0.05, 0) is 18.5 Å². The van der Waals surface area contributed by atoms with Crippen LogP contribution >= 0.6 is 11.6 Å². The van der Waals surface area contributed by atoms with Gasteiger partial charge in [0.25, 0.3) is 0 Å². The fraction of sp³-hybridized carbons (Fsp3) is 0.429. The lowest BCUT2D eigenvalue weighted by Crippen LogP contribution is -2.22. The van der Waals surface area contributed by atoms with Crippen LogP contribution in [0.25, 0.3) is 0 Å². The largest absolute Gasteiger partial charge is 0.405 e. The molecule has 1 aromatic heterocycles. The van der Waals surface area contributed by atoms with Gasteiger partial charge in [0.05, 0.1) is 11.4 Å². The highest BCUT2D eigenvalue weighted by Crippen LogP contribution is 2.22. The summed E-state index contributed by atoms with van der Waals surface area (Å²) in [6, 6.07) is 0. The van der Waals surface area contributed by atoms with Crippen molar-refractivity contribution >= 4 is 23.1 Å². The predicted octanol–water partition coefficient (Wildman–Crippen LogP) is 1.99. The van der Waals surface area contributed by atoms with E-state index in [-0.39, 0.29) is 16.8 Å². The van der Waals surface area contributed by atoms with Gasteiger partial charge in [-0.3, -0.25) is 0 Å². The minimum Gasteiger partial charge on any atom is -0.394 e. The standard InChI is InChI=1S/C7H8ClF3N4/c1-3-4(12)5(15-6(8)14-3)13-2-7(9,10)11/h2,12H2,1H3,(H,13,14,15). The lowest BCUT2D eigenvalue weighted by molar-refractivity contribution is -0.115. The smallest absolute Gasteiger partial charge is 0.394 e. The summed E-state index contributed by atoms with van der Waals surface area (Å²) < 4.78 is 35.7. The Morgan fingerprint density at radius 2 is 2.00 bits per heavy atom. The zero-order chi connectivity index (χ0) is 11.6. The van der Waals surface area contributed by atoms with E-state index < -0.39 is 12.7 Å². The number of aryl methyl sites for hydroxylation is 1. The van der Waals surface area contributed by atoms with E-state index in [4.69, 9.17) is 17.3 Å². The van der Waals surface area contributed by atoms with Crippen LogP contribution in [0.4, 0.5) is 24.7 Å². The maximum Gasteiger partial charge on any atom is 0.405 e. The molecule has 0 bridgehead atoms. The molecule has 84 valence electrons. The summed E-state index contributed by atoms with van der Waals surface area (Å²) in [6.45, 7) is 0.311. The van der Waals surface area contributed by atoms with E-state index in [1.54, 1.807) is 0 Å². The fourth-order valence-electron chi connectivity index (χ4n) is 0.866. The summed E-state index contributed by atoms with van der Waals surface area (Å²) >= 11 is 5.47. The first kappa shape index (κ1) is 11.8. The fourth-order valence-corrected chi connectivity index (χ4v) is 1.08. The van der Waals surface area contributed by atoms with E-state index in [0.717, 1.165) is 0 Å². The molecule has 0 saturated carbocycles. The van der Waals surface area contributed by atoms with E-state index in [1.807, 2.05) is 5.32 Å². The molecule has 1 rings (SSSR count). The van der Waals surface area contributed by atoms with Crippen molar-refractivity contribution in [3.8, 4) is 0 Å². The Labute approximate surface area is 88.7 Å². The van der Waals surface area contributed by atoms with Gasteiger partial charge in [-0.1, -0.05) is 0 Å². The summed E-state index contributed by atoms with van der Waals surface area (Å²) in [5, 5.41) is 1.90. The topological polar surface area (TPSA) is 63.8 Å². The lowest BCUT2D eigenvalue weighted by Gasteiger charge is -2.11. The number of halogens is 4. The van der Waals surface area contributed by atoms with Crippen molar-refractivity contribution in [2.45, 2.75) is 13.1 Å². The molecule has 4 nitrogen and oxygen atoms in total. The summed E-state index contributed by atoms with van der Waals surface area (Å²) in [6.07, 6.45) is -4.34. The minimum absolute atomic E-state index is 0.0589. The number of hydrogen-bond acceptors (Lipinski definition) is 4. The minimum atomic E-state index is -4.34. The molecule has 0 aliphatic heterocycles. The maximum absolute atomic E-state index is 11.9. The number of aromatic nitrogens is 2. The van der Waals surface area contributed by atoms with Crippen molar-refractivity contribution in [2.75, 3.05) is 17.6 Å². The third-order valence-corrected chi connectivity index (χ3v) is 1.73. The molecule has 0 atom stereocenters. The summed E-state index contributed by atoms with van der Waals surface area (Å²) in [5.74, 6) is -0.107. The van der Waals surface area contributed by atoms with Gasteiger partial charge >= 0.3 is 6.18 Å². The van der Waals surface area contributed by atoms with Crippen molar-refractivity contribution in [2.24, 2.45) is 0 Å². The molecule has 0 fully saturated rings. The number of nitrogens with zero attached hydrogens (tertiary/aromatic N) is 2. The third-order valence-electron chi connectivity index (χ3n) is 1.57. The molecular formula is C7H8ClF3N4. The quantitative estimate of drug-likeness (QED) is 0.776. The molecule has 0 aliphatic rings. The van der Waals surface area contributed by atoms with E-state index in [1.165, 1.54) is 6.92 Å². The highest BCUT2D eigenvalue weighted by molar-refractivity contribution is 6.28. The molecule has 8 heteroatoms. The van der Waals surface area contributed by atoms with Gasteiger partial charge < -0.3 is 11.1 Å². The van der Waals surface area contributed by atoms with Gasteiger partial charge in [0.1, 0.15) is 6.54 Å². The van der Waals surface area contributed by atoms with Crippen LogP contribution in [0.5, 0.6) is 0 Å². The van der Waals surface area contributed by atoms with Gasteiger partial charge in [-0.2, -0.15) is 18.2 Å². The van der Waals surface area contributed by atoms with Crippen LogP contribution in [0, 0.1) is 6.92 Å². The first-order chi connectivity index (χ1) is 6.79. The van der Waals surface area contributed by atoms with Crippen molar-refractivity contribution in [1.82, 2.24) is 9.97 Å². The van der Waals surface area contributed by atoms with E-state index in [9.17, 15) is 13.2 Å². The number of nitrogens with one attached hydrogen (secondary N) is 1. The molecule has 1 heterocycles. The molecule has 0 saturated heterocycles. The number of nitrogen functional groups attached to an aromatic ring is 1. The van der Waals surface area contributed by atoms with Crippen molar-refractivity contribution in [3.63, 3.8) is 0 Å². The van der Waals surface area contributed by atoms with Gasteiger partial charge in [-0.25, -0.2) is 4.98 Å². The van der Waals surface area contributed by atoms with E-state index >= 15 is 0 Å². The molecule has 0 amide bonds. The van der Waals surface area contributed by atoms with Crippen LogP contribution in [-0.2, 0) is 0 Å². The first-order valence-corrected chi connectivity index (χ1v) is 4.27. The second-order valence-corrected chi connectivity index (χ2v) is 3.15. The number of rotatable bonds is 2. The lowest BCUT2D eigenvalue weighted by atomic mass is 10.3. The molecular weight excluding hydrogens is 233 g/mol. The molecule has 0 unspecified atom stereocenters. The van der Waals surface area contributed by atoms with Crippen LogP contribution in [0.2, 0.25) is 5.28 Å². The third kappa shape index (κ3) is 3.43. The SMILES string of the molecule is Cc1nc(Cl)nc(NCC(F)(F)F)c1N. The van der Waals surface area contributed by atoms with Crippen LogP contribution in [-0.4, -0.2) is 22.7 Å². The highest BCUT2D eigenvalue weighted by Gasteiger charge is 2.27. The number of hydrogen-bond donors (Lipinski definition) is 2. The normalized spacial score (nSPS) is 11.5. The highest BCUT2D eigenvalue weighted by atomic mass is 35.5. The Hall–Kier alpha value is -1.24. The molecule has 0 spiro atoms. The van der Waals surface area contributed by atoms with Crippen LogP contribution in [0.3, 0.4) is 0 Å². The molecule has 0 aliphatic carbocycles. The second kappa shape index (κ2) is 4.09. The summed E-state index contributed by atoms with van der Waals surface area (Å²) in [5.41, 5.74) is 5.86. The average Bonchev–Trinajstić information content (AvgIpc) is 2.07. The number of alkyl halides is 3. The van der Waals surface area contributed by atoms with E-state index in [0.29, 0.717) is 5.69 Å². The second-order valence-electron chi connectivity index (χ2n) is 2.81. The van der Waals surface area contributed by atoms with Gasteiger partial charge in [-0.15, -0.1) is 0 Å². The van der Waals surface area contributed by atoms with Gasteiger partial charge in [0.15, 0.2) is 5.82 Å². The zero-order valence-corrected chi connectivity index (χ0v) is 8.45.